The Bertz CT molecular complexity index is 1620. The van der Waals surface area contributed by atoms with Gasteiger partial charge in [0.1, 0.15) is 0 Å². The molecule has 5 aromatic rings. The Labute approximate surface area is 252 Å². The van der Waals surface area contributed by atoms with Crippen LogP contribution in [0.25, 0.3) is 22.3 Å². The molecule has 0 bridgehead atoms. The first-order valence-electron chi connectivity index (χ1n) is 15.5. The molecule has 1 nitrogen and oxygen atoms in total. The summed E-state index contributed by atoms with van der Waals surface area (Å²) in [6.45, 7) is 14.2. The van der Waals surface area contributed by atoms with Crippen LogP contribution in [0.3, 0.4) is 0 Å². The summed E-state index contributed by atoms with van der Waals surface area (Å²) in [5.74, 6) is 1.92. The van der Waals surface area contributed by atoms with E-state index in [1.165, 1.54) is 45.4 Å². The fourth-order valence-electron chi connectivity index (χ4n) is 6.87. The van der Waals surface area contributed by atoms with E-state index in [9.17, 15) is 0 Å². The summed E-state index contributed by atoms with van der Waals surface area (Å²) in [4.78, 5) is 2.31. The second kappa shape index (κ2) is 11.3. The van der Waals surface area contributed by atoms with Crippen molar-refractivity contribution in [2.45, 2.75) is 59.3 Å². The highest BCUT2D eigenvalue weighted by Gasteiger charge is 2.36. The van der Waals surface area contributed by atoms with Crippen LogP contribution in [-0.2, 0) is 5.41 Å². The fourth-order valence-corrected chi connectivity index (χ4v) is 6.87. The summed E-state index contributed by atoms with van der Waals surface area (Å²) < 4.78 is 0. The molecule has 0 radical (unpaired) electrons. The summed E-state index contributed by atoms with van der Waals surface area (Å²) >= 11 is 0. The van der Waals surface area contributed by atoms with Gasteiger partial charge in [0.2, 0.25) is 0 Å². The molecule has 212 valence electrons. The van der Waals surface area contributed by atoms with Gasteiger partial charge >= 0.3 is 0 Å². The van der Waals surface area contributed by atoms with E-state index >= 15 is 0 Å². The van der Waals surface area contributed by atoms with Crippen molar-refractivity contribution in [3.63, 3.8) is 0 Å². The highest BCUT2D eigenvalue weighted by molar-refractivity contribution is 5.84. The van der Waals surface area contributed by atoms with E-state index in [0.29, 0.717) is 17.8 Å². The summed E-state index contributed by atoms with van der Waals surface area (Å²) in [7, 11) is 0. The molecule has 0 fully saturated rings. The van der Waals surface area contributed by atoms with Crippen molar-refractivity contribution >= 4 is 17.1 Å². The van der Waals surface area contributed by atoms with Crippen LogP contribution in [0.4, 0.5) is 17.1 Å². The lowest BCUT2D eigenvalue weighted by atomic mass is 9.77. The number of fused-ring (bicyclic) bond motifs is 3. The maximum absolute atomic E-state index is 2.53. The van der Waals surface area contributed by atoms with Crippen molar-refractivity contribution in [2.75, 3.05) is 4.90 Å². The molecule has 0 aromatic heterocycles. The first kappa shape index (κ1) is 28.0. The Morgan fingerprint density at radius 3 is 1.60 bits per heavy atom. The SMILES string of the molecule is CC(C)CC(c1ccc2c(c1)C(C)(C)c1cc(-c3ccc(N(c4ccccc4)c4ccccc4)cc3)ccc1-2)C(C)C. The smallest absolute Gasteiger partial charge is 0.0462 e. The van der Waals surface area contributed by atoms with Crippen LogP contribution < -0.4 is 4.90 Å². The number of para-hydroxylation sites is 2. The molecule has 1 atom stereocenters. The zero-order valence-electron chi connectivity index (χ0n) is 25.9. The summed E-state index contributed by atoms with van der Waals surface area (Å²) in [6.07, 6.45) is 1.23. The van der Waals surface area contributed by atoms with E-state index in [-0.39, 0.29) is 5.41 Å². The third kappa shape index (κ3) is 5.18. The maximum atomic E-state index is 2.53. The van der Waals surface area contributed by atoms with Crippen molar-refractivity contribution in [1.29, 1.82) is 0 Å². The quantitative estimate of drug-likeness (QED) is 0.186. The molecule has 5 aromatic carbocycles. The Balaban J connectivity index is 1.33. The number of hydrogen-bond donors (Lipinski definition) is 0. The van der Waals surface area contributed by atoms with Gasteiger partial charge in [-0.15, -0.1) is 0 Å². The number of rotatable bonds is 8. The Kier molecular flexibility index (Phi) is 7.54. The van der Waals surface area contributed by atoms with Crippen molar-refractivity contribution in [2.24, 2.45) is 11.8 Å². The average Bonchev–Trinajstić information content (AvgIpc) is 3.22. The van der Waals surface area contributed by atoms with Gasteiger partial charge in [-0.2, -0.15) is 0 Å². The summed E-state index contributed by atoms with van der Waals surface area (Å²) in [6, 6.07) is 44.6. The minimum Gasteiger partial charge on any atom is -0.311 e. The zero-order chi connectivity index (χ0) is 29.4. The first-order valence-corrected chi connectivity index (χ1v) is 15.5. The van der Waals surface area contributed by atoms with E-state index < -0.39 is 0 Å². The molecular weight excluding hydrogens is 506 g/mol. The van der Waals surface area contributed by atoms with Gasteiger partial charge in [0, 0.05) is 22.5 Å². The molecule has 42 heavy (non-hydrogen) atoms. The molecule has 0 spiro atoms. The minimum absolute atomic E-state index is 0.0343. The second-order valence-corrected chi connectivity index (χ2v) is 13.2. The third-order valence-electron chi connectivity index (χ3n) is 9.15. The molecule has 0 saturated carbocycles. The van der Waals surface area contributed by atoms with Crippen LogP contribution in [-0.4, -0.2) is 0 Å². The van der Waals surface area contributed by atoms with Crippen molar-refractivity contribution in [3.05, 3.63) is 138 Å². The molecule has 1 heteroatoms. The molecule has 6 rings (SSSR count). The monoisotopic (exact) mass is 549 g/mol. The van der Waals surface area contributed by atoms with Crippen molar-refractivity contribution in [3.8, 4) is 22.3 Å². The maximum Gasteiger partial charge on any atom is 0.0462 e. The Hall–Kier alpha value is -4.10. The predicted octanol–water partition coefficient (Wildman–Crippen LogP) is 11.9. The highest BCUT2D eigenvalue weighted by atomic mass is 15.1. The number of hydrogen-bond acceptors (Lipinski definition) is 1. The van der Waals surface area contributed by atoms with Gasteiger partial charge in [-0.25, -0.2) is 0 Å². The Morgan fingerprint density at radius 1 is 0.548 bits per heavy atom. The molecule has 1 aliphatic carbocycles. The van der Waals surface area contributed by atoms with Crippen LogP contribution in [0, 0.1) is 11.8 Å². The number of nitrogens with zero attached hydrogens (tertiary/aromatic N) is 1. The molecular formula is C41H43N. The van der Waals surface area contributed by atoms with Gasteiger partial charge in [0.15, 0.2) is 0 Å². The van der Waals surface area contributed by atoms with Crippen LogP contribution in [0.1, 0.15) is 70.6 Å². The fraction of sp³-hybridized carbons (Fsp3) is 0.268. The molecule has 0 saturated heterocycles. The van der Waals surface area contributed by atoms with Gasteiger partial charge in [-0.05, 0) is 106 Å². The molecule has 0 amide bonds. The topological polar surface area (TPSA) is 3.24 Å². The zero-order valence-corrected chi connectivity index (χ0v) is 25.9. The molecule has 1 unspecified atom stereocenters. The lowest BCUT2D eigenvalue weighted by molar-refractivity contribution is 0.407. The van der Waals surface area contributed by atoms with Crippen LogP contribution in [0.2, 0.25) is 0 Å². The van der Waals surface area contributed by atoms with Crippen molar-refractivity contribution in [1.82, 2.24) is 0 Å². The van der Waals surface area contributed by atoms with E-state index in [4.69, 9.17) is 0 Å². The highest BCUT2D eigenvalue weighted by Crippen LogP contribution is 2.51. The lowest BCUT2D eigenvalue weighted by Gasteiger charge is -2.27. The third-order valence-corrected chi connectivity index (χ3v) is 9.15. The normalized spacial score (nSPS) is 14.1. The molecule has 0 aliphatic heterocycles. The van der Waals surface area contributed by atoms with E-state index in [0.717, 1.165) is 17.1 Å². The van der Waals surface area contributed by atoms with Gasteiger partial charge in [0.05, 0.1) is 0 Å². The molecule has 0 heterocycles. The lowest BCUT2D eigenvalue weighted by Crippen LogP contribution is -2.16. The van der Waals surface area contributed by atoms with E-state index in [2.05, 4.69) is 168 Å². The Morgan fingerprint density at radius 2 is 1.05 bits per heavy atom. The number of anilines is 3. The van der Waals surface area contributed by atoms with E-state index in [1.54, 1.807) is 0 Å². The summed E-state index contributed by atoms with van der Waals surface area (Å²) in [5, 5.41) is 0. The standard InChI is InChI=1S/C41H43N/c1-28(2)25-38(29(3)4)32-20-24-37-36-23-19-31(26-39(36)41(5,6)40(37)27-32)30-17-21-35(22-18-30)42(33-13-9-7-10-14-33)34-15-11-8-12-16-34/h7-24,26-29,38H,25H2,1-6H3. The minimum atomic E-state index is -0.0343. The largest absolute Gasteiger partial charge is 0.311 e. The molecule has 1 aliphatic rings. The number of benzene rings is 5. The van der Waals surface area contributed by atoms with Gasteiger partial charge in [0.25, 0.3) is 0 Å². The van der Waals surface area contributed by atoms with Gasteiger partial charge in [-0.3, -0.25) is 0 Å². The van der Waals surface area contributed by atoms with Crippen LogP contribution in [0.15, 0.2) is 121 Å². The van der Waals surface area contributed by atoms with Crippen LogP contribution >= 0.6 is 0 Å². The van der Waals surface area contributed by atoms with E-state index in [1.807, 2.05) is 0 Å². The van der Waals surface area contributed by atoms with Crippen LogP contribution in [0.5, 0.6) is 0 Å². The van der Waals surface area contributed by atoms with Gasteiger partial charge < -0.3 is 4.90 Å². The second-order valence-electron chi connectivity index (χ2n) is 13.2. The predicted molar refractivity (Wildman–Crippen MR) is 181 cm³/mol. The van der Waals surface area contributed by atoms with Crippen molar-refractivity contribution < 1.29 is 0 Å². The first-order chi connectivity index (χ1) is 20.2. The van der Waals surface area contributed by atoms with Gasteiger partial charge in [-0.1, -0.05) is 120 Å². The molecule has 0 N–H and O–H groups in total. The average molecular weight is 550 g/mol. The summed E-state index contributed by atoms with van der Waals surface area (Å²) in [5.41, 5.74) is 13.1.